The Hall–Kier alpha value is -7.82. The third-order valence-corrected chi connectivity index (χ3v) is 11.6. The summed E-state index contributed by atoms with van der Waals surface area (Å²) in [5, 5.41) is 6.68. The molecule has 0 radical (unpaired) electrons. The van der Waals surface area contributed by atoms with Crippen LogP contribution in [0.2, 0.25) is 0 Å². The summed E-state index contributed by atoms with van der Waals surface area (Å²) in [6, 6.07) is 73.1. The van der Waals surface area contributed by atoms with Crippen LogP contribution in [0, 0.1) is 0 Å². The van der Waals surface area contributed by atoms with Crippen LogP contribution < -0.4 is 4.90 Å². The van der Waals surface area contributed by atoms with Crippen molar-refractivity contribution in [3.8, 4) is 27.9 Å². The van der Waals surface area contributed by atoms with Crippen LogP contribution in [0.1, 0.15) is 0 Å². The summed E-state index contributed by atoms with van der Waals surface area (Å²) in [4.78, 5) is 2.32. The molecule has 0 saturated carbocycles. The molecular weight excluding hydrogens is 709 g/mol. The molecule has 4 heteroatoms. The van der Waals surface area contributed by atoms with Crippen molar-refractivity contribution in [1.82, 2.24) is 4.57 Å². The molecule has 4 nitrogen and oxygen atoms in total. The fourth-order valence-electron chi connectivity index (χ4n) is 8.98. The van der Waals surface area contributed by atoms with Crippen molar-refractivity contribution in [3.05, 3.63) is 206 Å². The Balaban J connectivity index is 1.19. The Bertz CT molecular complexity index is 3500. The van der Waals surface area contributed by atoms with Gasteiger partial charge in [-0.15, -0.1) is 0 Å². The van der Waals surface area contributed by atoms with E-state index in [0.717, 1.165) is 88.8 Å². The number of fused-ring (bicyclic) bond motifs is 9. The molecule has 0 aliphatic heterocycles. The Kier molecular flexibility index (Phi) is 7.20. The fraction of sp³-hybridized carbons (Fsp3) is 0. The highest BCUT2D eigenvalue weighted by Gasteiger charge is 2.26. The number of aromatic nitrogens is 1. The van der Waals surface area contributed by atoms with Gasteiger partial charge in [-0.25, -0.2) is 0 Å². The molecule has 0 aliphatic rings. The van der Waals surface area contributed by atoms with E-state index in [1.807, 2.05) is 18.2 Å². The first-order chi connectivity index (χ1) is 28.8. The number of rotatable bonds is 6. The number of benzene rings is 9. The second-order valence-electron chi connectivity index (χ2n) is 14.9. The first-order valence-corrected chi connectivity index (χ1v) is 19.7. The van der Waals surface area contributed by atoms with Crippen molar-refractivity contribution < 1.29 is 8.83 Å². The van der Waals surface area contributed by atoms with Crippen LogP contribution >= 0.6 is 0 Å². The smallest absolute Gasteiger partial charge is 0.159 e. The molecule has 0 aliphatic carbocycles. The molecule has 0 spiro atoms. The number of furan rings is 2. The Morgan fingerprint density at radius 1 is 0.362 bits per heavy atom. The van der Waals surface area contributed by atoms with Gasteiger partial charge in [0.05, 0.1) is 22.4 Å². The van der Waals surface area contributed by atoms with Gasteiger partial charge in [0.15, 0.2) is 11.2 Å². The summed E-state index contributed by atoms with van der Waals surface area (Å²) in [5.41, 5.74) is 14.1. The highest BCUT2D eigenvalue weighted by Crippen LogP contribution is 2.49. The van der Waals surface area contributed by atoms with E-state index in [2.05, 4.69) is 198 Å². The third kappa shape index (κ3) is 4.95. The molecule has 12 rings (SSSR count). The minimum absolute atomic E-state index is 0.806. The Labute approximate surface area is 334 Å². The zero-order valence-electron chi connectivity index (χ0n) is 31.3. The van der Waals surface area contributed by atoms with E-state index in [1.165, 1.54) is 21.9 Å². The van der Waals surface area contributed by atoms with E-state index in [0.29, 0.717) is 0 Å². The molecule has 58 heavy (non-hydrogen) atoms. The summed E-state index contributed by atoms with van der Waals surface area (Å²) in [7, 11) is 0. The molecule has 0 atom stereocenters. The molecule has 272 valence electrons. The van der Waals surface area contributed by atoms with Crippen LogP contribution in [0.3, 0.4) is 0 Å². The number of hydrogen-bond donors (Lipinski definition) is 0. The van der Waals surface area contributed by atoms with E-state index in [1.54, 1.807) is 0 Å². The van der Waals surface area contributed by atoms with Gasteiger partial charge in [0, 0.05) is 49.3 Å². The minimum atomic E-state index is 0.806. The fourth-order valence-corrected chi connectivity index (χ4v) is 8.98. The van der Waals surface area contributed by atoms with Crippen molar-refractivity contribution in [2.24, 2.45) is 0 Å². The van der Waals surface area contributed by atoms with Gasteiger partial charge < -0.3 is 18.3 Å². The molecule has 12 aromatic rings. The highest BCUT2D eigenvalue weighted by molar-refractivity contribution is 6.18. The van der Waals surface area contributed by atoms with Crippen LogP contribution in [0.4, 0.5) is 17.1 Å². The SMILES string of the molecule is c1ccc(-c2ccc(N(c3cccc4c3oc3ccccc34)c3cc(-c4cccc5c6ccccc6n(-c6ccccc6)c45)cc4c3oc3ccccc34)cc2)cc1. The maximum Gasteiger partial charge on any atom is 0.159 e. The first kappa shape index (κ1) is 32.4. The Morgan fingerprint density at radius 3 is 1.69 bits per heavy atom. The van der Waals surface area contributed by atoms with Crippen LogP contribution in [-0.2, 0) is 0 Å². The predicted octanol–water partition coefficient (Wildman–Crippen LogP) is 15.4. The van der Waals surface area contributed by atoms with E-state index in [9.17, 15) is 0 Å². The molecule has 3 aromatic heterocycles. The molecule has 9 aromatic carbocycles. The van der Waals surface area contributed by atoms with Crippen molar-refractivity contribution in [2.45, 2.75) is 0 Å². The van der Waals surface area contributed by atoms with Gasteiger partial charge in [0.2, 0.25) is 0 Å². The maximum absolute atomic E-state index is 6.91. The minimum Gasteiger partial charge on any atom is -0.454 e. The first-order valence-electron chi connectivity index (χ1n) is 19.7. The van der Waals surface area contributed by atoms with Crippen LogP contribution in [0.15, 0.2) is 215 Å². The summed E-state index contributed by atoms with van der Waals surface area (Å²) in [5.74, 6) is 0. The van der Waals surface area contributed by atoms with Gasteiger partial charge in [-0.3, -0.25) is 0 Å². The van der Waals surface area contributed by atoms with Crippen molar-refractivity contribution in [3.63, 3.8) is 0 Å². The summed E-state index contributed by atoms with van der Waals surface area (Å²) in [6.07, 6.45) is 0. The molecule has 0 unspecified atom stereocenters. The molecular formula is C54H34N2O2. The maximum atomic E-state index is 6.91. The molecule has 0 bridgehead atoms. The van der Waals surface area contributed by atoms with E-state index >= 15 is 0 Å². The average molecular weight is 743 g/mol. The van der Waals surface area contributed by atoms with Crippen molar-refractivity contribution in [1.29, 1.82) is 0 Å². The highest BCUT2D eigenvalue weighted by atomic mass is 16.3. The monoisotopic (exact) mass is 742 g/mol. The van der Waals surface area contributed by atoms with Gasteiger partial charge in [0.1, 0.15) is 11.2 Å². The van der Waals surface area contributed by atoms with Crippen molar-refractivity contribution >= 4 is 82.7 Å². The number of anilines is 3. The largest absolute Gasteiger partial charge is 0.454 e. The lowest BCUT2D eigenvalue weighted by molar-refractivity contribution is 0.666. The lowest BCUT2D eigenvalue weighted by Crippen LogP contribution is -2.11. The standard InChI is InChI=1S/C54H34N2O2/c1-3-15-35(16-4-1)36-29-31-39(32-30-36)55(48-26-14-24-45-42-20-8-11-27-50(42)57-53(45)48)49-34-37(33-46-43-21-9-12-28-51(43)58-54(46)49)40-22-13-23-44-41-19-7-10-25-47(41)56(52(40)44)38-17-5-2-6-18-38/h1-34H. The van der Waals surface area contributed by atoms with Gasteiger partial charge in [-0.1, -0.05) is 146 Å². The third-order valence-electron chi connectivity index (χ3n) is 11.6. The van der Waals surface area contributed by atoms with Crippen LogP contribution in [0.25, 0.3) is 93.6 Å². The quantitative estimate of drug-likeness (QED) is 0.170. The second-order valence-corrected chi connectivity index (χ2v) is 14.9. The van der Waals surface area contributed by atoms with E-state index < -0.39 is 0 Å². The van der Waals surface area contributed by atoms with Gasteiger partial charge in [-0.05, 0) is 77.4 Å². The van der Waals surface area contributed by atoms with E-state index in [-0.39, 0.29) is 0 Å². The Morgan fingerprint density at radius 2 is 0.931 bits per heavy atom. The summed E-state index contributed by atoms with van der Waals surface area (Å²) in [6.45, 7) is 0. The van der Waals surface area contributed by atoms with E-state index in [4.69, 9.17) is 8.83 Å². The predicted molar refractivity (Wildman–Crippen MR) is 241 cm³/mol. The van der Waals surface area contributed by atoms with Gasteiger partial charge in [0.25, 0.3) is 0 Å². The topological polar surface area (TPSA) is 34.5 Å². The lowest BCUT2D eigenvalue weighted by Gasteiger charge is -2.26. The number of nitrogens with zero attached hydrogens (tertiary/aromatic N) is 2. The molecule has 3 heterocycles. The summed E-state index contributed by atoms with van der Waals surface area (Å²) >= 11 is 0. The molecule has 0 N–H and O–H groups in total. The van der Waals surface area contributed by atoms with Crippen LogP contribution in [0.5, 0.6) is 0 Å². The normalized spacial score (nSPS) is 11.8. The van der Waals surface area contributed by atoms with Gasteiger partial charge in [-0.2, -0.15) is 0 Å². The van der Waals surface area contributed by atoms with Crippen LogP contribution in [-0.4, -0.2) is 4.57 Å². The molecule has 0 amide bonds. The molecule has 0 saturated heterocycles. The zero-order valence-corrected chi connectivity index (χ0v) is 31.3. The summed E-state index contributed by atoms with van der Waals surface area (Å²) < 4.78 is 16.1. The second kappa shape index (κ2) is 12.9. The average Bonchev–Trinajstić information content (AvgIpc) is 3.98. The lowest BCUT2D eigenvalue weighted by atomic mass is 9.98. The molecule has 0 fully saturated rings. The number of para-hydroxylation sites is 6. The number of hydrogen-bond acceptors (Lipinski definition) is 3. The zero-order chi connectivity index (χ0) is 38.2. The van der Waals surface area contributed by atoms with Crippen molar-refractivity contribution in [2.75, 3.05) is 4.90 Å². The van der Waals surface area contributed by atoms with Gasteiger partial charge >= 0.3 is 0 Å².